The summed E-state index contributed by atoms with van der Waals surface area (Å²) in [6.07, 6.45) is 0. The van der Waals surface area contributed by atoms with Crippen LogP contribution in [-0.2, 0) is 14.8 Å². The van der Waals surface area contributed by atoms with Gasteiger partial charge in [0.1, 0.15) is 10.9 Å². The van der Waals surface area contributed by atoms with E-state index in [0.29, 0.717) is 5.02 Å². The van der Waals surface area contributed by atoms with Crippen LogP contribution in [0.4, 0.5) is 5.69 Å². The Labute approximate surface area is 111 Å². The van der Waals surface area contributed by atoms with Crippen molar-refractivity contribution in [1.29, 1.82) is 0 Å². The van der Waals surface area contributed by atoms with E-state index in [0.717, 1.165) is 4.31 Å². The molecular formula is C11H13ClN2O3S. The molecular weight excluding hydrogens is 276 g/mol. The van der Waals surface area contributed by atoms with Crippen LogP contribution >= 0.6 is 11.6 Å². The zero-order valence-electron chi connectivity index (χ0n) is 9.97. The van der Waals surface area contributed by atoms with Crippen LogP contribution in [0.5, 0.6) is 0 Å². The second-order valence-corrected chi connectivity index (χ2v) is 6.31. The van der Waals surface area contributed by atoms with E-state index >= 15 is 0 Å². The number of halogens is 1. The van der Waals surface area contributed by atoms with E-state index in [9.17, 15) is 13.2 Å². The largest absolute Gasteiger partial charge is 0.323 e. The molecule has 2 rings (SSSR count). The molecule has 0 spiro atoms. The molecule has 1 amide bonds. The lowest BCUT2D eigenvalue weighted by Gasteiger charge is -2.22. The molecule has 0 bridgehead atoms. The minimum Gasteiger partial charge on any atom is -0.323 e. The van der Waals surface area contributed by atoms with Gasteiger partial charge in [-0.2, -0.15) is 4.31 Å². The second kappa shape index (κ2) is 4.53. The normalized spacial score (nSPS) is 23.1. The number of benzene rings is 1. The van der Waals surface area contributed by atoms with E-state index in [1.807, 2.05) is 0 Å². The fourth-order valence-corrected chi connectivity index (χ4v) is 3.97. The summed E-state index contributed by atoms with van der Waals surface area (Å²) in [4.78, 5) is 11.9. The molecule has 1 unspecified atom stereocenters. The summed E-state index contributed by atoms with van der Waals surface area (Å²) in [5.41, 5.74) is 0.271. The van der Waals surface area contributed by atoms with E-state index in [1.165, 1.54) is 12.1 Å². The van der Waals surface area contributed by atoms with Gasteiger partial charge >= 0.3 is 0 Å². The van der Waals surface area contributed by atoms with Crippen LogP contribution in [0.2, 0.25) is 5.02 Å². The number of carbonyl (C=O) groups excluding carboxylic acids is 1. The van der Waals surface area contributed by atoms with Crippen LogP contribution < -0.4 is 5.32 Å². The van der Waals surface area contributed by atoms with Gasteiger partial charge < -0.3 is 5.32 Å². The van der Waals surface area contributed by atoms with E-state index in [2.05, 4.69) is 5.32 Å². The molecule has 1 heterocycles. The molecule has 98 valence electrons. The lowest BCUT2D eigenvalue weighted by molar-refractivity contribution is -0.119. The molecule has 0 saturated heterocycles. The number of fused-ring (bicyclic) bond motifs is 1. The zero-order valence-corrected chi connectivity index (χ0v) is 11.5. The first-order valence-electron chi connectivity index (χ1n) is 5.50. The van der Waals surface area contributed by atoms with Crippen molar-refractivity contribution < 1.29 is 13.2 Å². The number of amides is 1. The number of anilines is 1. The Morgan fingerprint density at radius 1 is 1.44 bits per heavy atom. The molecule has 18 heavy (non-hydrogen) atoms. The molecule has 1 aliphatic rings. The SMILES string of the molecule is CCN1C(C)C(=O)Nc2ccc(Cl)cc2S1(=O)=O. The van der Waals surface area contributed by atoms with Gasteiger partial charge in [-0.15, -0.1) is 0 Å². The summed E-state index contributed by atoms with van der Waals surface area (Å²) < 4.78 is 26.0. The summed E-state index contributed by atoms with van der Waals surface area (Å²) in [5.74, 6) is -0.346. The Hall–Kier alpha value is -1.11. The third-order valence-corrected chi connectivity index (χ3v) is 5.23. The number of likely N-dealkylation sites (N-methyl/N-ethyl adjacent to an activating group) is 1. The molecule has 5 nitrogen and oxygen atoms in total. The van der Waals surface area contributed by atoms with Crippen molar-refractivity contribution in [3.63, 3.8) is 0 Å². The van der Waals surface area contributed by atoms with Gasteiger partial charge in [-0.3, -0.25) is 4.79 Å². The standard InChI is InChI=1S/C11H13ClN2O3S/c1-3-14-7(2)11(15)13-9-5-4-8(12)6-10(9)18(14,16)17/h4-7H,3H2,1-2H3,(H,13,15). The lowest BCUT2D eigenvalue weighted by atomic mass is 10.2. The quantitative estimate of drug-likeness (QED) is 0.855. The predicted molar refractivity (Wildman–Crippen MR) is 69.1 cm³/mol. The highest BCUT2D eigenvalue weighted by molar-refractivity contribution is 7.89. The van der Waals surface area contributed by atoms with Crippen LogP contribution in [0.15, 0.2) is 23.1 Å². The predicted octanol–water partition coefficient (Wildman–Crippen LogP) is 1.69. The number of nitrogens with zero attached hydrogens (tertiary/aromatic N) is 1. The minimum atomic E-state index is -3.71. The van der Waals surface area contributed by atoms with Crippen LogP contribution in [0.1, 0.15) is 13.8 Å². The Bertz CT molecular complexity index is 600. The maximum absolute atomic E-state index is 12.4. The fraction of sp³-hybridized carbons (Fsp3) is 0.364. The van der Waals surface area contributed by atoms with Crippen molar-refractivity contribution in [2.75, 3.05) is 11.9 Å². The smallest absolute Gasteiger partial charge is 0.245 e. The first-order valence-corrected chi connectivity index (χ1v) is 7.32. The van der Waals surface area contributed by atoms with E-state index in [4.69, 9.17) is 11.6 Å². The van der Waals surface area contributed by atoms with Crippen LogP contribution in [-0.4, -0.2) is 31.2 Å². The highest BCUT2D eigenvalue weighted by Gasteiger charge is 2.37. The van der Waals surface area contributed by atoms with Gasteiger partial charge in [-0.05, 0) is 25.1 Å². The first-order chi connectivity index (χ1) is 8.37. The van der Waals surface area contributed by atoms with Crippen molar-refractivity contribution >= 4 is 33.2 Å². The number of carbonyl (C=O) groups is 1. The molecule has 7 heteroatoms. The number of hydrogen-bond acceptors (Lipinski definition) is 3. The van der Waals surface area contributed by atoms with Gasteiger partial charge in [-0.25, -0.2) is 8.42 Å². The van der Waals surface area contributed by atoms with E-state index in [1.54, 1.807) is 19.9 Å². The summed E-state index contributed by atoms with van der Waals surface area (Å²) >= 11 is 5.83. The van der Waals surface area contributed by atoms with Gasteiger partial charge in [0.25, 0.3) is 0 Å². The molecule has 1 atom stereocenters. The highest BCUT2D eigenvalue weighted by Crippen LogP contribution is 2.31. The molecule has 0 saturated carbocycles. The van der Waals surface area contributed by atoms with Crippen LogP contribution in [0, 0.1) is 0 Å². The molecule has 0 fully saturated rings. The fourth-order valence-electron chi connectivity index (χ4n) is 1.96. The first kappa shape index (κ1) is 13.3. The zero-order chi connectivity index (χ0) is 13.5. The topological polar surface area (TPSA) is 66.5 Å². The summed E-state index contributed by atoms with van der Waals surface area (Å²) in [6, 6.07) is 3.65. The molecule has 1 aromatic carbocycles. The van der Waals surface area contributed by atoms with Gasteiger partial charge in [0.2, 0.25) is 15.9 Å². The van der Waals surface area contributed by atoms with Crippen LogP contribution in [0.3, 0.4) is 0 Å². The molecule has 1 aromatic rings. The molecule has 0 aliphatic carbocycles. The summed E-state index contributed by atoms with van der Waals surface area (Å²) in [5, 5.41) is 2.92. The molecule has 0 radical (unpaired) electrons. The second-order valence-electron chi connectivity index (χ2n) is 4.01. The van der Waals surface area contributed by atoms with E-state index < -0.39 is 16.1 Å². The Morgan fingerprint density at radius 3 is 2.72 bits per heavy atom. The number of sulfonamides is 1. The van der Waals surface area contributed by atoms with E-state index in [-0.39, 0.29) is 23.0 Å². The summed E-state index contributed by atoms with van der Waals surface area (Å²) in [6.45, 7) is 3.48. The van der Waals surface area contributed by atoms with Gasteiger partial charge in [-0.1, -0.05) is 18.5 Å². The Kier molecular flexibility index (Phi) is 3.35. The molecule has 1 aliphatic heterocycles. The van der Waals surface area contributed by atoms with Crippen LogP contribution in [0.25, 0.3) is 0 Å². The van der Waals surface area contributed by atoms with Crippen molar-refractivity contribution in [1.82, 2.24) is 4.31 Å². The lowest BCUT2D eigenvalue weighted by Crippen LogP contribution is -2.42. The number of hydrogen-bond donors (Lipinski definition) is 1. The molecule has 0 aromatic heterocycles. The van der Waals surface area contributed by atoms with Gasteiger partial charge in [0.15, 0.2) is 0 Å². The maximum atomic E-state index is 12.4. The third kappa shape index (κ3) is 2.00. The number of rotatable bonds is 1. The summed E-state index contributed by atoms with van der Waals surface area (Å²) in [7, 11) is -3.71. The average molecular weight is 289 g/mol. The Morgan fingerprint density at radius 2 is 2.11 bits per heavy atom. The van der Waals surface area contributed by atoms with Crippen molar-refractivity contribution in [3.8, 4) is 0 Å². The van der Waals surface area contributed by atoms with Gasteiger partial charge in [0.05, 0.1) is 5.69 Å². The number of nitrogens with one attached hydrogen (secondary N) is 1. The van der Waals surface area contributed by atoms with Crippen molar-refractivity contribution in [3.05, 3.63) is 23.2 Å². The van der Waals surface area contributed by atoms with Gasteiger partial charge in [0, 0.05) is 11.6 Å². The molecule has 1 N–H and O–H groups in total. The van der Waals surface area contributed by atoms with Crippen molar-refractivity contribution in [2.24, 2.45) is 0 Å². The highest BCUT2D eigenvalue weighted by atomic mass is 35.5. The minimum absolute atomic E-state index is 0.0366. The average Bonchev–Trinajstić information content (AvgIpc) is 2.37. The monoisotopic (exact) mass is 288 g/mol. The maximum Gasteiger partial charge on any atom is 0.245 e. The third-order valence-electron chi connectivity index (χ3n) is 2.91. The van der Waals surface area contributed by atoms with Crippen molar-refractivity contribution in [2.45, 2.75) is 24.8 Å². The Balaban J connectivity index is 2.71.